The topological polar surface area (TPSA) is 74.5 Å². The van der Waals surface area contributed by atoms with Gasteiger partial charge in [0.2, 0.25) is 5.60 Å². The summed E-state index contributed by atoms with van der Waals surface area (Å²) in [6.07, 6.45) is -2.52. The molecule has 0 aliphatic carbocycles. The highest BCUT2D eigenvalue weighted by molar-refractivity contribution is 5.79. The highest BCUT2D eigenvalue weighted by atomic mass is 19.4. The zero-order valence-corrected chi connectivity index (χ0v) is 16.3. The molecule has 160 valence electrons. The molecule has 29 heavy (non-hydrogen) atoms. The Morgan fingerprint density at radius 1 is 1.28 bits per heavy atom. The van der Waals surface area contributed by atoms with Crippen molar-refractivity contribution in [3.8, 4) is 0 Å². The fourth-order valence-corrected chi connectivity index (χ4v) is 2.83. The highest BCUT2D eigenvalue weighted by Crippen LogP contribution is 2.40. The lowest BCUT2D eigenvalue weighted by molar-refractivity contribution is -0.272. The van der Waals surface area contributed by atoms with E-state index in [1.165, 1.54) is 31.6 Å². The number of halogens is 4. The second-order valence-corrected chi connectivity index (χ2v) is 6.54. The number of guanidine groups is 1. The van der Waals surface area contributed by atoms with Gasteiger partial charge in [-0.3, -0.25) is 4.99 Å². The van der Waals surface area contributed by atoms with Crippen molar-refractivity contribution in [1.29, 1.82) is 0 Å². The maximum absolute atomic E-state index is 13.5. The number of hydrogen-bond donors (Lipinski definition) is 3. The van der Waals surface area contributed by atoms with Gasteiger partial charge in [0, 0.05) is 45.5 Å². The Labute approximate surface area is 166 Å². The molecule has 0 aliphatic rings. The Kier molecular flexibility index (Phi) is 7.60. The van der Waals surface area contributed by atoms with Gasteiger partial charge in [-0.05, 0) is 31.0 Å². The first-order valence-electron chi connectivity index (χ1n) is 9.21. The maximum Gasteiger partial charge on any atom is 0.424 e. The summed E-state index contributed by atoms with van der Waals surface area (Å²) in [7, 11) is 1.39. The molecular formula is C19H25F4N5O. The summed E-state index contributed by atoms with van der Waals surface area (Å²) in [6, 6.07) is 6.17. The largest absolute Gasteiger partial charge is 0.424 e. The molecule has 0 aliphatic heterocycles. The summed E-state index contributed by atoms with van der Waals surface area (Å²) in [6.45, 7) is 2.47. The zero-order valence-electron chi connectivity index (χ0n) is 16.3. The van der Waals surface area contributed by atoms with Gasteiger partial charge in [-0.1, -0.05) is 12.1 Å². The highest BCUT2D eigenvalue weighted by Gasteiger charge is 2.57. The second-order valence-electron chi connectivity index (χ2n) is 6.54. The predicted molar refractivity (Wildman–Crippen MR) is 102 cm³/mol. The van der Waals surface area contributed by atoms with Gasteiger partial charge in [-0.15, -0.1) is 0 Å². The van der Waals surface area contributed by atoms with Crippen molar-refractivity contribution in [2.75, 3.05) is 19.6 Å². The van der Waals surface area contributed by atoms with Crippen LogP contribution in [0.2, 0.25) is 0 Å². The lowest BCUT2D eigenvalue weighted by atomic mass is 9.98. The summed E-state index contributed by atoms with van der Waals surface area (Å²) in [5, 5.41) is 16.3. The summed E-state index contributed by atoms with van der Waals surface area (Å²) >= 11 is 0. The van der Waals surface area contributed by atoms with Crippen molar-refractivity contribution in [2.24, 2.45) is 12.0 Å². The van der Waals surface area contributed by atoms with Crippen LogP contribution in [-0.2, 0) is 19.1 Å². The number of hydrogen-bond acceptors (Lipinski definition) is 3. The van der Waals surface area contributed by atoms with Crippen molar-refractivity contribution < 1.29 is 22.7 Å². The minimum Gasteiger partial charge on any atom is -0.374 e. The molecule has 0 fully saturated rings. The third kappa shape index (κ3) is 5.93. The molecule has 1 aromatic carbocycles. The Hall–Kier alpha value is -2.62. The van der Waals surface area contributed by atoms with E-state index < -0.39 is 24.0 Å². The number of aliphatic imine (C=N–C) groups is 1. The summed E-state index contributed by atoms with van der Waals surface area (Å²) in [5.41, 5.74) is -2.32. The number of aryl methyl sites for hydroxylation is 1. The first kappa shape index (κ1) is 22.7. The summed E-state index contributed by atoms with van der Waals surface area (Å²) < 4.78 is 54.9. The SMILES string of the molecule is CCNC(=NCCC(O)(c1nccn1C)C(F)(F)F)NCCc1cccc(F)c1. The normalized spacial score (nSPS) is 14.5. The van der Waals surface area contributed by atoms with E-state index in [1.807, 2.05) is 6.92 Å². The number of aromatic nitrogens is 2. The van der Waals surface area contributed by atoms with Gasteiger partial charge < -0.3 is 20.3 Å². The monoisotopic (exact) mass is 415 g/mol. The second kappa shape index (κ2) is 9.73. The summed E-state index contributed by atoms with van der Waals surface area (Å²) in [4.78, 5) is 7.78. The van der Waals surface area contributed by atoms with E-state index >= 15 is 0 Å². The number of nitrogens with one attached hydrogen (secondary N) is 2. The molecular weight excluding hydrogens is 390 g/mol. The fourth-order valence-electron chi connectivity index (χ4n) is 2.83. The zero-order chi connectivity index (χ0) is 21.5. The van der Waals surface area contributed by atoms with E-state index in [0.29, 0.717) is 25.5 Å². The van der Waals surface area contributed by atoms with E-state index in [0.717, 1.165) is 10.1 Å². The van der Waals surface area contributed by atoms with Gasteiger partial charge in [-0.2, -0.15) is 13.2 Å². The first-order valence-corrected chi connectivity index (χ1v) is 9.21. The van der Waals surface area contributed by atoms with E-state index in [2.05, 4.69) is 20.6 Å². The average Bonchev–Trinajstić information content (AvgIpc) is 3.07. The molecule has 2 rings (SSSR count). The number of imidazole rings is 1. The van der Waals surface area contributed by atoms with Crippen molar-refractivity contribution in [3.05, 3.63) is 53.9 Å². The molecule has 2 aromatic rings. The van der Waals surface area contributed by atoms with Gasteiger partial charge in [0.15, 0.2) is 5.96 Å². The molecule has 10 heteroatoms. The van der Waals surface area contributed by atoms with Crippen LogP contribution >= 0.6 is 0 Å². The van der Waals surface area contributed by atoms with E-state index in [-0.39, 0.29) is 12.4 Å². The molecule has 3 N–H and O–H groups in total. The molecule has 1 aromatic heterocycles. The lowest BCUT2D eigenvalue weighted by Gasteiger charge is -2.29. The number of aliphatic hydroxyl groups is 1. The van der Waals surface area contributed by atoms with Gasteiger partial charge in [0.25, 0.3) is 0 Å². The lowest BCUT2D eigenvalue weighted by Crippen LogP contribution is -2.45. The van der Waals surface area contributed by atoms with Crippen LogP contribution in [-0.4, -0.2) is 46.4 Å². The quantitative estimate of drug-likeness (QED) is 0.352. The number of benzene rings is 1. The van der Waals surface area contributed by atoms with Crippen LogP contribution in [0.25, 0.3) is 0 Å². The molecule has 0 amide bonds. The first-order chi connectivity index (χ1) is 13.7. The smallest absolute Gasteiger partial charge is 0.374 e. The van der Waals surface area contributed by atoms with E-state index in [4.69, 9.17) is 0 Å². The predicted octanol–water partition coefficient (Wildman–Crippen LogP) is 2.50. The van der Waals surface area contributed by atoms with Gasteiger partial charge in [0.05, 0.1) is 0 Å². The van der Waals surface area contributed by atoms with Crippen molar-refractivity contribution >= 4 is 5.96 Å². The molecule has 1 heterocycles. The van der Waals surface area contributed by atoms with E-state index in [1.54, 1.807) is 12.1 Å². The van der Waals surface area contributed by atoms with Crippen LogP contribution in [0.3, 0.4) is 0 Å². The van der Waals surface area contributed by atoms with Gasteiger partial charge in [0.1, 0.15) is 11.6 Å². The van der Waals surface area contributed by atoms with Gasteiger partial charge >= 0.3 is 6.18 Å². The minimum atomic E-state index is -4.90. The Balaban J connectivity index is 2.01. The number of nitrogens with zero attached hydrogens (tertiary/aromatic N) is 3. The molecule has 1 unspecified atom stereocenters. The van der Waals surface area contributed by atoms with Crippen LogP contribution in [0.5, 0.6) is 0 Å². The molecule has 6 nitrogen and oxygen atoms in total. The third-order valence-electron chi connectivity index (χ3n) is 4.34. The maximum atomic E-state index is 13.5. The van der Waals surface area contributed by atoms with E-state index in [9.17, 15) is 22.7 Å². The Morgan fingerprint density at radius 2 is 2.03 bits per heavy atom. The van der Waals surface area contributed by atoms with Crippen molar-refractivity contribution in [2.45, 2.75) is 31.5 Å². The molecule has 1 atom stereocenters. The average molecular weight is 415 g/mol. The molecule has 0 bridgehead atoms. The minimum absolute atomic E-state index is 0.280. The standard InChI is InChI=1S/C19H25F4N5O/c1-3-24-17(26-9-7-14-5-4-6-15(20)13-14)27-10-8-18(29,19(21,22)23)16-25-11-12-28(16)2/h4-6,11-13,29H,3,7-10H2,1-2H3,(H2,24,26,27). The fraction of sp³-hybridized carbons (Fsp3) is 0.474. The van der Waals surface area contributed by atoms with Gasteiger partial charge in [-0.25, -0.2) is 9.37 Å². The van der Waals surface area contributed by atoms with Crippen LogP contribution in [0, 0.1) is 5.82 Å². The Bertz CT molecular complexity index is 821. The third-order valence-corrected chi connectivity index (χ3v) is 4.34. The number of alkyl halides is 3. The van der Waals surface area contributed by atoms with Crippen LogP contribution in [0.1, 0.15) is 24.7 Å². The molecule has 0 saturated carbocycles. The molecule has 0 saturated heterocycles. The van der Waals surface area contributed by atoms with Crippen LogP contribution in [0.4, 0.5) is 17.6 Å². The van der Waals surface area contributed by atoms with Crippen LogP contribution in [0.15, 0.2) is 41.7 Å². The number of rotatable bonds is 8. The molecule has 0 radical (unpaired) electrons. The van der Waals surface area contributed by atoms with Crippen molar-refractivity contribution in [3.63, 3.8) is 0 Å². The molecule has 0 spiro atoms. The summed E-state index contributed by atoms with van der Waals surface area (Å²) in [5.74, 6) is -0.499. The van der Waals surface area contributed by atoms with Crippen LogP contribution < -0.4 is 10.6 Å². The van der Waals surface area contributed by atoms with Crippen molar-refractivity contribution in [1.82, 2.24) is 20.2 Å². The Morgan fingerprint density at radius 3 is 2.62 bits per heavy atom.